The summed E-state index contributed by atoms with van der Waals surface area (Å²) < 4.78 is 10.8. The monoisotopic (exact) mass is 258 g/mol. The van der Waals surface area contributed by atoms with Gasteiger partial charge in [0.05, 0.1) is 7.11 Å². The Morgan fingerprint density at radius 1 is 0.895 bits per heavy atom. The van der Waals surface area contributed by atoms with Gasteiger partial charge in [-0.1, -0.05) is 30.3 Å². The number of benzene rings is 2. The second-order valence-corrected chi connectivity index (χ2v) is 4.35. The number of rotatable bonds is 5. The first kappa shape index (κ1) is 13.4. The van der Waals surface area contributed by atoms with Crippen LogP contribution in [0.3, 0.4) is 0 Å². The SMILES string of the molecule is COc1ccc(C(O)C(C)Oc2ccccc2)cc1. The van der Waals surface area contributed by atoms with Crippen molar-refractivity contribution in [3.63, 3.8) is 0 Å². The van der Waals surface area contributed by atoms with Gasteiger partial charge in [-0.05, 0) is 36.8 Å². The van der Waals surface area contributed by atoms with Crippen molar-refractivity contribution < 1.29 is 14.6 Å². The number of aliphatic hydroxyl groups is 1. The maximum absolute atomic E-state index is 10.2. The largest absolute Gasteiger partial charge is 0.497 e. The van der Waals surface area contributed by atoms with E-state index in [1.807, 2.05) is 61.5 Å². The van der Waals surface area contributed by atoms with E-state index in [4.69, 9.17) is 9.47 Å². The van der Waals surface area contributed by atoms with Crippen LogP contribution in [0.1, 0.15) is 18.6 Å². The minimum absolute atomic E-state index is 0.323. The van der Waals surface area contributed by atoms with Gasteiger partial charge in [0.25, 0.3) is 0 Å². The summed E-state index contributed by atoms with van der Waals surface area (Å²) in [6.45, 7) is 1.85. The summed E-state index contributed by atoms with van der Waals surface area (Å²) >= 11 is 0. The second kappa shape index (κ2) is 6.25. The molecule has 3 heteroatoms. The Morgan fingerprint density at radius 2 is 1.53 bits per heavy atom. The minimum Gasteiger partial charge on any atom is -0.497 e. The molecule has 100 valence electrons. The highest BCUT2D eigenvalue weighted by molar-refractivity contribution is 5.29. The number of methoxy groups -OCH3 is 1. The third-order valence-corrected chi connectivity index (χ3v) is 2.97. The van der Waals surface area contributed by atoms with Crippen LogP contribution in [0, 0.1) is 0 Å². The minimum atomic E-state index is -0.675. The standard InChI is InChI=1S/C16H18O3/c1-12(19-15-6-4-3-5-7-15)16(17)13-8-10-14(18-2)11-9-13/h3-12,16-17H,1-2H3. The van der Waals surface area contributed by atoms with E-state index in [1.54, 1.807) is 7.11 Å². The lowest BCUT2D eigenvalue weighted by molar-refractivity contribution is 0.0467. The Balaban J connectivity index is 2.03. The van der Waals surface area contributed by atoms with Gasteiger partial charge in [-0.3, -0.25) is 0 Å². The van der Waals surface area contributed by atoms with Gasteiger partial charge in [-0.25, -0.2) is 0 Å². The summed E-state index contributed by atoms with van der Waals surface area (Å²) in [7, 11) is 1.62. The van der Waals surface area contributed by atoms with Crippen molar-refractivity contribution in [2.24, 2.45) is 0 Å². The first-order valence-corrected chi connectivity index (χ1v) is 6.24. The zero-order chi connectivity index (χ0) is 13.7. The third-order valence-electron chi connectivity index (χ3n) is 2.97. The highest BCUT2D eigenvalue weighted by Crippen LogP contribution is 2.23. The molecule has 0 saturated heterocycles. The van der Waals surface area contributed by atoms with Crippen molar-refractivity contribution in [3.8, 4) is 11.5 Å². The Kier molecular flexibility index (Phi) is 4.42. The Hall–Kier alpha value is -2.00. The Bertz CT molecular complexity index is 493. The van der Waals surface area contributed by atoms with Gasteiger partial charge in [0.15, 0.2) is 0 Å². The highest BCUT2D eigenvalue weighted by Gasteiger charge is 2.17. The van der Waals surface area contributed by atoms with Crippen molar-refractivity contribution in [3.05, 3.63) is 60.2 Å². The summed E-state index contributed by atoms with van der Waals surface area (Å²) in [4.78, 5) is 0. The van der Waals surface area contributed by atoms with Crippen LogP contribution >= 0.6 is 0 Å². The molecule has 2 unspecified atom stereocenters. The molecule has 0 aliphatic rings. The molecule has 2 aromatic rings. The lowest BCUT2D eigenvalue weighted by atomic mass is 10.1. The molecule has 0 aliphatic heterocycles. The van der Waals surface area contributed by atoms with Crippen molar-refractivity contribution >= 4 is 0 Å². The second-order valence-electron chi connectivity index (χ2n) is 4.35. The Morgan fingerprint density at radius 3 is 2.11 bits per heavy atom. The van der Waals surface area contributed by atoms with Gasteiger partial charge >= 0.3 is 0 Å². The fourth-order valence-electron chi connectivity index (χ4n) is 1.85. The molecular formula is C16H18O3. The van der Waals surface area contributed by atoms with Gasteiger partial charge in [0, 0.05) is 0 Å². The molecule has 2 rings (SSSR count). The van der Waals surface area contributed by atoms with E-state index in [-0.39, 0.29) is 6.10 Å². The van der Waals surface area contributed by atoms with Gasteiger partial charge in [-0.2, -0.15) is 0 Å². The van der Waals surface area contributed by atoms with Crippen LogP contribution < -0.4 is 9.47 Å². The van der Waals surface area contributed by atoms with E-state index in [9.17, 15) is 5.11 Å². The molecule has 0 bridgehead atoms. The van der Waals surface area contributed by atoms with Crippen molar-refractivity contribution in [2.45, 2.75) is 19.1 Å². The van der Waals surface area contributed by atoms with E-state index in [0.717, 1.165) is 17.1 Å². The van der Waals surface area contributed by atoms with Crippen LogP contribution in [0.2, 0.25) is 0 Å². The fourth-order valence-corrected chi connectivity index (χ4v) is 1.85. The van der Waals surface area contributed by atoms with Crippen molar-refractivity contribution in [1.29, 1.82) is 0 Å². The quantitative estimate of drug-likeness (QED) is 0.895. The summed E-state index contributed by atoms with van der Waals surface area (Å²) in [6, 6.07) is 16.8. The molecule has 0 amide bonds. The molecule has 19 heavy (non-hydrogen) atoms. The molecule has 2 atom stereocenters. The first-order chi connectivity index (χ1) is 9.20. The zero-order valence-corrected chi connectivity index (χ0v) is 11.1. The maximum Gasteiger partial charge on any atom is 0.126 e. The van der Waals surface area contributed by atoms with Crippen LogP contribution in [-0.4, -0.2) is 18.3 Å². The van der Waals surface area contributed by atoms with Gasteiger partial charge in [0.1, 0.15) is 23.7 Å². The average Bonchev–Trinajstić information content (AvgIpc) is 2.47. The van der Waals surface area contributed by atoms with E-state index >= 15 is 0 Å². The molecule has 0 spiro atoms. The highest BCUT2D eigenvalue weighted by atomic mass is 16.5. The van der Waals surface area contributed by atoms with Crippen LogP contribution in [-0.2, 0) is 0 Å². The molecule has 1 N–H and O–H groups in total. The molecule has 2 aromatic carbocycles. The first-order valence-electron chi connectivity index (χ1n) is 6.24. The van der Waals surface area contributed by atoms with Crippen LogP contribution in [0.4, 0.5) is 0 Å². The third kappa shape index (κ3) is 3.48. The fraction of sp³-hybridized carbons (Fsp3) is 0.250. The molecule has 0 saturated carbocycles. The van der Waals surface area contributed by atoms with E-state index < -0.39 is 6.10 Å². The molecular weight excluding hydrogens is 240 g/mol. The smallest absolute Gasteiger partial charge is 0.126 e. The van der Waals surface area contributed by atoms with Gasteiger partial charge in [-0.15, -0.1) is 0 Å². The lowest BCUT2D eigenvalue weighted by Gasteiger charge is -2.21. The van der Waals surface area contributed by atoms with Crippen molar-refractivity contribution in [2.75, 3.05) is 7.11 Å². The maximum atomic E-state index is 10.2. The molecule has 0 heterocycles. The van der Waals surface area contributed by atoms with Crippen LogP contribution in [0.5, 0.6) is 11.5 Å². The summed E-state index contributed by atoms with van der Waals surface area (Å²) in [6.07, 6.45) is -0.998. The number of hydrogen-bond donors (Lipinski definition) is 1. The predicted molar refractivity (Wildman–Crippen MR) is 74.5 cm³/mol. The summed E-state index contributed by atoms with van der Waals surface area (Å²) in [5, 5.41) is 10.2. The number of para-hydroxylation sites is 1. The molecule has 0 fully saturated rings. The normalized spacial score (nSPS) is 13.6. The molecule has 0 aliphatic carbocycles. The molecule has 3 nitrogen and oxygen atoms in total. The predicted octanol–water partition coefficient (Wildman–Crippen LogP) is 3.20. The molecule has 0 radical (unpaired) electrons. The molecule has 0 aromatic heterocycles. The van der Waals surface area contributed by atoms with Crippen molar-refractivity contribution in [1.82, 2.24) is 0 Å². The number of hydrogen-bond acceptors (Lipinski definition) is 3. The lowest BCUT2D eigenvalue weighted by Crippen LogP contribution is -2.21. The van der Waals surface area contributed by atoms with Crippen LogP contribution in [0.25, 0.3) is 0 Å². The van der Waals surface area contributed by atoms with Crippen LogP contribution in [0.15, 0.2) is 54.6 Å². The van der Waals surface area contributed by atoms with E-state index in [0.29, 0.717) is 0 Å². The van der Waals surface area contributed by atoms with E-state index in [1.165, 1.54) is 0 Å². The topological polar surface area (TPSA) is 38.7 Å². The summed E-state index contributed by atoms with van der Waals surface area (Å²) in [5.41, 5.74) is 0.809. The van der Waals surface area contributed by atoms with Gasteiger partial charge < -0.3 is 14.6 Å². The summed E-state index contributed by atoms with van der Waals surface area (Å²) in [5.74, 6) is 1.52. The number of aliphatic hydroxyl groups excluding tert-OH is 1. The Labute approximate surface area is 113 Å². The number of ether oxygens (including phenoxy) is 2. The van der Waals surface area contributed by atoms with E-state index in [2.05, 4.69) is 0 Å². The average molecular weight is 258 g/mol. The van der Waals surface area contributed by atoms with Gasteiger partial charge in [0.2, 0.25) is 0 Å². The zero-order valence-electron chi connectivity index (χ0n) is 11.1.